The Morgan fingerprint density at radius 1 is 1.08 bits per heavy atom. The first-order valence-electron chi connectivity index (χ1n) is 4.37. The molecule has 0 rings (SSSR count). The molecule has 0 aliphatic rings. The Hall–Kier alpha value is -0.720. The third kappa shape index (κ3) is 3.61. The molecule has 0 bridgehead atoms. The Morgan fingerprint density at radius 3 is 1.75 bits per heavy atom. The Labute approximate surface area is 76.3 Å². The van der Waals surface area contributed by atoms with Gasteiger partial charge in [-0.2, -0.15) is 0 Å². The smallest absolute Gasteiger partial charge is 0.0299 e. The minimum atomic E-state index is 0.222. The molecule has 0 aliphatic carbocycles. The van der Waals surface area contributed by atoms with E-state index < -0.39 is 0 Å². The SMILES string of the molecule is CC(C)=C(N)/C=C(\C)C(C)(C)C. The lowest BCUT2D eigenvalue weighted by molar-refractivity contribution is 0.503. The quantitative estimate of drug-likeness (QED) is 0.596. The maximum atomic E-state index is 5.82. The van der Waals surface area contributed by atoms with Crippen molar-refractivity contribution in [2.24, 2.45) is 11.1 Å². The molecule has 0 unspecified atom stereocenters. The van der Waals surface area contributed by atoms with Crippen LogP contribution in [0.4, 0.5) is 0 Å². The molecule has 0 radical (unpaired) electrons. The van der Waals surface area contributed by atoms with E-state index in [0.717, 1.165) is 5.70 Å². The summed E-state index contributed by atoms with van der Waals surface area (Å²) < 4.78 is 0. The molecule has 0 atom stereocenters. The van der Waals surface area contributed by atoms with E-state index in [1.54, 1.807) is 0 Å². The van der Waals surface area contributed by atoms with Crippen molar-refractivity contribution in [3.8, 4) is 0 Å². The average molecular weight is 167 g/mol. The van der Waals surface area contributed by atoms with Gasteiger partial charge < -0.3 is 5.73 Å². The van der Waals surface area contributed by atoms with E-state index in [-0.39, 0.29) is 5.41 Å². The predicted octanol–water partition coefficient (Wildman–Crippen LogP) is 3.23. The molecule has 0 aromatic carbocycles. The molecule has 0 saturated heterocycles. The van der Waals surface area contributed by atoms with Gasteiger partial charge >= 0.3 is 0 Å². The van der Waals surface area contributed by atoms with Gasteiger partial charge in [-0.15, -0.1) is 0 Å². The van der Waals surface area contributed by atoms with Crippen molar-refractivity contribution in [2.45, 2.75) is 41.5 Å². The first-order chi connectivity index (χ1) is 5.25. The van der Waals surface area contributed by atoms with Crippen molar-refractivity contribution in [3.63, 3.8) is 0 Å². The molecule has 2 N–H and O–H groups in total. The molecule has 0 spiro atoms. The summed E-state index contributed by atoms with van der Waals surface area (Å²) in [5.41, 5.74) is 9.43. The molecule has 0 aromatic rings. The summed E-state index contributed by atoms with van der Waals surface area (Å²) in [7, 11) is 0. The second kappa shape index (κ2) is 3.79. The zero-order valence-corrected chi connectivity index (χ0v) is 9.15. The zero-order valence-electron chi connectivity index (χ0n) is 9.15. The third-order valence-corrected chi connectivity index (χ3v) is 2.13. The molecule has 0 heterocycles. The normalized spacial score (nSPS) is 13.0. The van der Waals surface area contributed by atoms with Gasteiger partial charge in [0.15, 0.2) is 0 Å². The van der Waals surface area contributed by atoms with Crippen LogP contribution in [0, 0.1) is 5.41 Å². The van der Waals surface area contributed by atoms with Crippen molar-refractivity contribution in [3.05, 3.63) is 22.9 Å². The topological polar surface area (TPSA) is 26.0 Å². The summed E-state index contributed by atoms with van der Waals surface area (Å²) >= 11 is 0. The van der Waals surface area contributed by atoms with Gasteiger partial charge in [0.25, 0.3) is 0 Å². The Kier molecular flexibility index (Phi) is 3.56. The lowest BCUT2D eigenvalue weighted by Gasteiger charge is -2.19. The van der Waals surface area contributed by atoms with Crippen molar-refractivity contribution >= 4 is 0 Å². The standard InChI is InChI=1S/C11H21N/c1-8(2)10(12)7-9(3)11(4,5)6/h7H,12H2,1-6H3/b9-7+. The summed E-state index contributed by atoms with van der Waals surface area (Å²) in [4.78, 5) is 0. The Morgan fingerprint density at radius 2 is 1.50 bits per heavy atom. The van der Waals surface area contributed by atoms with Gasteiger partial charge in [0.1, 0.15) is 0 Å². The van der Waals surface area contributed by atoms with Crippen LogP contribution >= 0.6 is 0 Å². The van der Waals surface area contributed by atoms with Gasteiger partial charge in [-0.1, -0.05) is 31.9 Å². The fraction of sp³-hybridized carbons (Fsp3) is 0.636. The fourth-order valence-electron chi connectivity index (χ4n) is 0.594. The first kappa shape index (κ1) is 11.3. The molecule has 0 amide bonds. The molecule has 70 valence electrons. The largest absolute Gasteiger partial charge is 0.399 e. The molecule has 1 heteroatoms. The van der Waals surface area contributed by atoms with E-state index in [9.17, 15) is 0 Å². The van der Waals surface area contributed by atoms with Crippen LogP contribution in [0.2, 0.25) is 0 Å². The molecule has 1 nitrogen and oxygen atoms in total. The van der Waals surface area contributed by atoms with Crippen molar-refractivity contribution in [1.82, 2.24) is 0 Å². The van der Waals surface area contributed by atoms with Crippen LogP contribution < -0.4 is 5.73 Å². The van der Waals surface area contributed by atoms with E-state index in [0.29, 0.717) is 0 Å². The van der Waals surface area contributed by atoms with Gasteiger partial charge in [0.2, 0.25) is 0 Å². The minimum Gasteiger partial charge on any atom is -0.399 e. The highest BCUT2D eigenvalue weighted by atomic mass is 14.6. The number of rotatable bonds is 1. The van der Waals surface area contributed by atoms with Gasteiger partial charge in [-0.3, -0.25) is 0 Å². The van der Waals surface area contributed by atoms with E-state index in [1.807, 2.05) is 13.8 Å². The molecule has 12 heavy (non-hydrogen) atoms. The first-order valence-corrected chi connectivity index (χ1v) is 4.37. The molecule has 0 fully saturated rings. The second-order valence-corrected chi connectivity index (χ2v) is 4.53. The monoisotopic (exact) mass is 167 g/mol. The highest BCUT2D eigenvalue weighted by Crippen LogP contribution is 2.25. The third-order valence-electron chi connectivity index (χ3n) is 2.13. The number of hydrogen-bond donors (Lipinski definition) is 1. The van der Waals surface area contributed by atoms with Gasteiger partial charge in [0, 0.05) is 5.70 Å². The van der Waals surface area contributed by atoms with Gasteiger partial charge in [-0.05, 0) is 32.3 Å². The second-order valence-electron chi connectivity index (χ2n) is 4.53. The molecular formula is C11H21N. The fourth-order valence-corrected chi connectivity index (χ4v) is 0.594. The van der Waals surface area contributed by atoms with Crippen LogP contribution in [-0.2, 0) is 0 Å². The molecule has 0 aliphatic heterocycles. The molecule has 0 saturated carbocycles. The summed E-state index contributed by atoms with van der Waals surface area (Å²) in [6, 6.07) is 0. The Balaban J connectivity index is 4.71. The van der Waals surface area contributed by atoms with Crippen molar-refractivity contribution < 1.29 is 0 Å². The highest BCUT2D eigenvalue weighted by Gasteiger charge is 2.12. The van der Waals surface area contributed by atoms with E-state index >= 15 is 0 Å². The van der Waals surface area contributed by atoms with E-state index in [1.165, 1.54) is 11.1 Å². The lowest BCUT2D eigenvalue weighted by atomic mass is 9.87. The van der Waals surface area contributed by atoms with E-state index in [2.05, 4.69) is 33.8 Å². The number of allylic oxidation sites excluding steroid dienone is 3. The Bertz CT molecular complexity index is 210. The summed E-state index contributed by atoms with van der Waals surface area (Å²) in [6.07, 6.45) is 2.06. The summed E-state index contributed by atoms with van der Waals surface area (Å²) in [6.45, 7) is 12.8. The zero-order chi connectivity index (χ0) is 9.94. The molecule has 0 aromatic heterocycles. The summed E-state index contributed by atoms with van der Waals surface area (Å²) in [5, 5.41) is 0. The molecular weight excluding hydrogens is 146 g/mol. The van der Waals surface area contributed by atoms with E-state index in [4.69, 9.17) is 5.73 Å². The van der Waals surface area contributed by atoms with Gasteiger partial charge in [0.05, 0.1) is 0 Å². The summed E-state index contributed by atoms with van der Waals surface area (Å²) in [5.74, 6) is 0. The van der Waals surface area contributed by atoms with Crippen LogP contribution in [-0.4, -0.2) is 0 Å². The van der Waals surface area contributed by atoms with Crippen LogP contribution in [0.25, 0.3) is 0 Å². The number of hydrogen-bond acceptors (Lipinski definition) is 1. The van der Waals surface area contributed by atoms with Crippen LogP contribution in [0.5, 0.6) is 0 Å². The maximum absolute atomic E-state index is 5.82. The maximum Gasteiger partial charge on any atom is 0.0299 e. The van der Waals surface area contributed by atoms with Crippen molar-refractivity contribution in [2.75, 3.05) is 0 Å². The minimum absolute atomic E-state index is 0.222. The van der Waals surface area contributed by atoms with Crippen LogP contribution in [0.3, 0.4) is 0 Å². The van der Waals surface area contributed by atoms with Crippen LogP contribution in [0.15, 0.2) is 22.9 Å². The van der Waals surface area contributed by atoms with Crippen molar-refractivity contribution in [1.29, 1.82) is 0 Å². The number of nitrogens with two attached hydrogens (primary N) is 1. The average Bonchev–Trinajstić information content (AvgIpc) is 1.85. The lowest BCUT2D eigenvalue weighted by Crippen LogP contribution is -2.08. The highest BCUT2D eigenvalue weighted by molar-refractivity contribution is 5.25. The van der Waals surface area contributed by atoms with Gasteiger partial charge in [-0.25, -0.2) is 0 Å². The van der Waals surface area contributed by atoms with Crippen LogP contribution in [0.1, 0.15) is 41.5 Å². The predicted molar refractivity (Wildman–Crippen MR) is 55.8 cm³/mol.